The summed E-state index contributed by atoms with van der Waals surface area (Å²) in [6.07, 6.45) is 2.04. The minimum atomic E-state index is -0.408. The Morgan fingerprint density at radius 1 is 1.35 bits per heavy atom. The molecule has 4 nitrogen and oxygen atoms in total. The normalized spacial score (nSPS) is 20.2. The molecule has 2 rings (SSSR count). The average Bonchev–Trinajstić information content (AvgIpc) is 2.95. The van der Waals surface area contributed by atoms with E-state index in [2.05, 4.69) is 0 Å². The third-order valence-corrected chi connectivity index (χ3v) is 4.04. The van der Waals surface area contributed by atoms with Gasteiger partial charge in [0.15, 0.2) is 0 Å². The number of carbonyl (C=O) groups excluding carboxylic acids is 1. The number of methoxy groups -OCH3 is 1. The Morgan fingerprint density at radius 3 is 2.55 bits per heavy atom. The van der Waals surface area contributed by atoms with Crippen LogP contribution in [0.15, 0.2) is 24.3 Å². The van der Waals surface area contributed by atoms with E-state index in [0.29, 0.717) is 0 Å². The molecule has 0 aliphatic carbocycles. The summed E-state index contributed by atoms with van der Waals surface area (Å²) in [6, 6.07) is 7.70. The lowest BCUT2D eigenvalue weighted by Crippen LogP contribution is -2.46. The van der Waals surface area contributed by atoms with E-state index in [-0.39, 0.29) is 17.9 Å². The maximum Gasteiger partial charge on any atom is 0.240 e. The monoisotopic (exact) mass is 276 g/mol. The zero-order valence-electron chi connectivity index (χ0n) is 12.5. The van der Waals surface area contributed by atoms with Gasteiger partial charge in [-0.15, -0.1) is 0 Å². The molecule has 0 spiro atoms. The van der Waals surface area contributed by atoms with E-state index in [4.69, 9.17) is 10.5 Å². The molecule has 2 atom stereocenters. The Balaban J connectivity index is 2.15. The van der Waals surface area contributed by atoms with Crippen LogP contribution in [0.25, 0.3) is 0 Å². The first-order chi connectivity index (χ1) is 9.54. The third-order valence-electron chi connectivity index (χ3n) is 4.04. The van der Waals surface area contributed by atoms with Gasteiger partial charge in [-0.3, -0.25) is 4.79 Å². The van der Waals surface area contributed by atoms with Gasteiger partial charge in [-0.05, 0) is 36.5 Å². The SMILES string of the molecule is COc1ccc(C2CCCN2C(=O)[C@H](N)C(C)C)cc1. The predicted molar refractivity (Wildman–Crippen MR) is 79.5 cm³/mol. The van der Waals surface area contributed by atoms with Gasteiger partial charge in [-0.2, -0.15) is 0 Å². The van der Waals surface area contributed by atoms with Gasteiger partial charge in [-0.1, -0.05) is 26.0 Å². The summed E-state index contributed by atoms with van der Waals surface area (Å²) in [5.41, 5.74) is 7.17. The van der Waals surface area contributed by atoms with Crippen LogP contribution in [-0.4, -0.2) is 30.5 Å². The van der Waals surface area contributed by atoms with Crippen LogP contribution >= 0.6 is 0 Å². The lowest BCUT2D eigenvalue weighted by Gasteiger charge is -2.29. The summed E-state index contributed by atoms with van der Waals surface area (Å²) < 4.78 is 5.18. The minimum absolute atomic E-state index is 0.0679. The number of ether oxygens (including phenoxy) is 1. The minimum Gasteiger partial charge on any atom is -0.497 e. The molecule has 0 radical (unpaired) electrons. The average molecular weight is 276 g/mol. The van der Waals surface area contributed by atoms with Crippen LogP contribution in [-0.2, 0) is 4.79 Å². The van der Waals surface area contributed by atoms with E-state index in [1.165, 1.54) is 0 Å². The fourth-order valence-corrected chi connectivity index (χ4v) is 2.68. The number of rotatable bonds is 4. The highest BCUT2D eigenvalue weighted by atomic mass is 16.5. The van der Waals surface area contributed by atoms with Crippen molar-refractivity contribution in [2.24, 2.45) is 11.7 Å². The summed E-state index contributed by atoms with van der Waals surface area (Å²) in [5, 5.41) is 0. The molecule has 1 heterocycles. The van der Waals surface area contributed by atoms with Crippen molar-refractivity contribution < 1.29 is 9.53 Å². The van der Waals surface area contributed by atoms with Gasteiger partial charge < -0.3 is 15.4 Å². The van der Waals surface area contributed by atoms with Gasteiger partial charge in [0, 0.05) is 6.54 Å². The standard InChI is InChI=1S/C16H24N2O2/c1-11(2)15(17)16(19)18-10-4-5-14(18)12-6-8-13(20-3)9-7-12/h6-9,11,14-15H,4-5,10,17H2,1-3H3/t14?,15-/m1/s1. The van der Waals surface area contributed by atoms with Crippen molar-refractivity contribution in [2.45, 2.75) is 38.8 Å². The van der Waals surface area contributed by atoms with Crippen LogP contribution in [0.1, 0.15) is 38.3 Å². The maximum absolute atomic E-state index is 12.5. The molecule has 1 amide bonds. The summed E-state index contributed by atoms with van der Waals surface area (Å²) in [7, 11) is 1.65. The highest BCUT2D eigenvalue weighted by molar-refractivity contribution is 5.82. The van der Waals surface area contributed by atoms with Crippen molar-refractivity contribution in [3.63, 3.8) is 0 Å². The summed E-state index contributed by atoms with van der Waals surface area (Å²) >= 11 is 0. The second kappa shape index (κ2) is 6.27. The molecular weight excluding hydrogens is 252 g/mol. The molecule has 1 saturated heterocycles. The molecule has 1 aromatic carbocycles. The first kappa shape index (κ1) is 14.9. The molecule has 1 aromatic rings. The van der Waals surface area contributed by atoms with Gasteiger partial charge in [0.05, 0.1) is 19.2 Å². The van der Waals surface area contributed by atoms with Crippen molar-refractivity contribution in [3.05, 3.63) is 29.8 Å². The number of benzene rings is 1. The topological polar surface area (TPSA) is 55.6 Å². The van der Waals surface area contributed by atoms with Gasteiger partial charge in [0.1, 0.15) is 5.75 Å². The molecule has 0 bridgehead atoms. The lowest BCUT2D eigenvalue weighted by atomic mass is 10.0. The second-order valence-electron chi connectivity index (χ2n) is 5.73. The first-order valence-electron chi connectivity index (χ1n) is 7.24. The van der Waals surface area contributed by atoms with E-state index in [1.807, 2.05) is 43.0 Å². The number of nitrogens with zero attached hydrogens (tertiary/aromatic N) is 1. The zero-order valence-corrected chi connectivity index (χ0v) is 12.5. The van der Waals surface area contributed by atoms with Crippen LogP contribution < -0.4 is 10.5 Å². The summed E-state index contributed by atoms with van der Waals surface area (Å²) in [6.45, 7) is 4.78. The number of nitrogens with two attached hydrogens (primary N) is 1. The lowest BCUT2D eigenvalue weighted by molar-refractivity contribution is -0.134. The van der Waals surface area contributed by atoms with Crippen LogP contribution in [0.5, 0.6) is 5.75 Å². The molecule has 0 saturated carbocycles. The molecule has 1 aliphatic heterocycles. The van der Waals surface area contributed by atoms with Crippen molar-refractivity contribution in [1.29, 1.82) is 0 Å². The highest BCUT2D eigenvalue weighted by Crippen LogP contribution is 2.33. The molecule has 110 valence electrons. The first-order valence-corrected chi connectivity index (χ1v) is 7.24. The summed E-state index contributed by atoms with van der Waals surface area (Å²) in [5.74, 6) is 1.07. The largest absolute Gasteiger partial charge is 0.497 e. The molecule has 2 N–H and O–H groups in total. The number of hydrogen-bond donors (Lipinski definition) is 1. The Labute approximate surface area is 120 Å². The van der Waals surface area contributed by atoms with Crippen LogP contribution in [0.4, 0.5) is 0 Å². The van der Waals surface area contributed by atoms with Gasteiger partial charge in [-0.25, -0.2) is 0 Å². The van der Waals surface area contributed by atoms with E-state index in [9.17, 15) is 4.79 Å². The molecule has 4 heteroatoms. The van der Waals surface area contributed by atoms with Gasteiger partial charge in [0.25, 0.3) is 0 Å². The zero-order chi connectivity index (χ0) is 14.7. The smallest absolute Gasteiger partial charge is 0.240 e. The van der Waals surface area contributed by atoms with Gasteiger partial charge >= 0.3 is 0 Å². The van der Waals surface area contributed by atoms with E-state index in [0.717, 1.165) is 30.7 Å². The van der Waals surface area contributed by atoms with Crippen molar-refractivity contribution >= 4 is 5.91 Å². The Hall–Kier alpha value is -1.55. The number of carbonyl (C=O) groups is 1. The highest BCUT2D eigenvalue weighted by Gasteiger charge is 2.33. The van der Waals surface area contributed by atoms with Crippen molar-refractivity contribution in [2.75, 3.05) is 13.7 Å². The van der Waals surface area contributed by atoms with Crippen LogP contribution in [0.2, 0.25) is 0 Å². The number of hydrogen-bond acceptors (Lipinski definition) is 3. The molecule has 1 aliphatic rings. The van der Waals surface area contributed by atoms with E-state index < -0.39 is 6.04 Å². The Morgan fingerprint density at radius 2 is 2.00 bits per heavy atom. The molecular formula is C16H24N2O2. The molecule has 0 aromatic heterocycles. The fraction of sp³-hybridized carbons (Fsp3) is 0.562. The van der Waals surface area contributed by atoms with Crippen molar-refractivity contribution in [3.8, 4) is 5.75 Å². The number of likely N-dealkylation sites (tertiary alicyclic amines) is 1. The quantitative estimate of drug-likeness (QED) is 0.918. The molecule has 20 heavy (non-hydrogen) atoms. The maximum atomic E-state index is 12.5. The predicted octanol–water partition coefficient (Wildman–Crippen LogP) is 2.34. The fourth-order valence-electron chi connectivity index (χ4n) is 2.68. The summed E-state index contributed by atoms with van der Waals surface area (Å²) in [4.78, 5) is 14.4. The van der Waals surface area contributed by atoms with Crippen molar-refractivity contribution in [1.82, 2.24) is 4.90 Å². The van der Waals surface area contributed by atoms with Crippen LogP contribution in [0, 0.1) is 5.92 Å². The van der Waals surface area contributed by atoms with E-state index in [1.54, 1.807) is 7.11 Å². The number of amides is 1. The Bertz CT molecular complexity index is 456. The molecule has 1 fully saturated rings. The van der Waals surface area contributed by atoms with Gasteiger partial charge in [0.2, 0.25) is 5.91 Å². The third kappa shape index (κ3) is 2.96. The molecule has 1 unspecified atom stereocenters. The van der Waals surface area contributed by atoms with Crippen LogP contribution in [0.3, 0.4) is 0 Å². The van der Waals surface area contributed by atoms with E-state index >= 15 is 0 Å². The second-order valence-corrected chi connectivity index (χ2v) is 5.73. The Kier molecular flexibility index (Phi) is 4.65.